The average Bonchev–Trinajstić information content (AvgIpc) is 1.09. The zero-order valence-electron chi connectivity index (χ0n) is 75.7. The number of aryl methyl sites for hydroxylation is 2. The number of alkyl halides is 6. The lowest BCUT2D eigenvalue weighted by atomic mass is 9.82. The highest BCUT2D eigenvalue weighted by atomic mass is 32.2. The Hall–Kier alpha value is -8.56. The van der Waals surface area contributed by atoms with Crippen molar-refractivity contribution in [1.29, 1.82) is 0 Å². The second kappa shape index (κ2) is 33.2. The molecular formula is C80H102F6N8O18S2. The summed E-state index contributed by atoms with van der Waals surface area (Å²) in [5.74, 6) is -15.2. The van der Waals surface area contributed by atoms with Gasteiger partial charge in [-0.3, -0.25) is 57.4 Å². The van der Waals surface area contributed by atoms with E-state index in [1.807, 2.05) is 13.8 Å². The van der Waals surface area contributed by atoms with Gasteiger partial charge in [-0.05, 0) is 178 Å². The highest BCUT2D eigenvalue weighted by molar-refractivity contribution is 7.91. The fraction of sp³-hybridized carbons (Fsp3) is 0.650. The van der Waals surface area contributed by atoms with Crippen molar-refractivity contribution in [3.63, 3.8) is 0 Å². The van der Waals surface area contributed by atoms with Crippen LogP contribution in [0.4, 0.5) is 26.3 Å². The Balaban J connectivity index is 0.000000245. The van der Waals surface area contributed by atoms with E-state index in [2.05, 4.69) is 29.1 Å². The molecular weight excluding hydrogens is 1540 g/mol. The first-order valence-electron chi connectivity index (χ1n) is 44.4. The Labute approximate surface area is 674 Å². The van der Waals surface area contributed by atoms with Crippen LogP contribution in [0.1, 0.15) is 201 Å². The topological polar surface area (TPSA) is 342 Å². The van der Waals surface area contributed by atoms with Gasteiger partial charge in [0.25, 0.3) is 11.1 Å². The van der Waals surface area contributed by atoms with Gasteiger partial charge in [-0.2, -0.15) is 26.3 Å². The zero-order chi connectivity index (χ0) is 93.3. The Morgan fingerprint density at radius 1 is 0.535 bits per heavy atom. The molecule has 114 heavy (non-hydrogen) atoms. The summed E-state index contributed by atoms with van der Waals surface area (Å²) in [5, 5.41) is 8.39. The maximum absolute atomic E-state index is 15.0. The summed E-state index contributed by atoms with van der Waals surface area (Å²) in [6.45, 7) is -8.04. The van der Waals surface area contributed by atoms with Crippen molar-refractivity contribution < 1.29 is 117 Å². The number of ketones is 2. The molecule has 6 heterocycles. The number of hydrogen-bond donors (Lipinski definition) is 2. The first kappa shape index (κ1) is 70.8. The van der Waals surface area contributed by atoms with Crippen molar-refractivity contribution in [2.75, 3.05) is 13.1 Å². The summed E-state index contributed by atoms with van der Waals surface area (Å²) in [7, 11) is -8.07. The molecule has 8 aliphatic rings. The van der Waals surface area contributed by atoms with Gasteiger partial charge in [0.1, 0.15) is 12.2 Å². The van der Waals surface area contributed by atoms with Crippen molar-refractivity contribution in [3.05, 3.63) is 93.5 Å². The van der Waals surface area contributed by atoms with Gasteiger partial charge in [0.15, 0.2) is 11.6 Å². The van der Waals surface area contributed by atoms with Gasteiger partial charge in [-0.15, -0.1) is 10.2 Å². The second-order valence-corrected chi connectivity index (χ2v) is 36.0. The van der Waals surface area contributed by atoms with E-state index in [1.54, 1.807) is 101 Å². The molecule has 14 atom stereocenters. The van der Waals surface area contributed by atoms with Crippen LogP contribution >= 0.6 is 0 Å². The molecule has 12 rings (SSSR count). The van der Waals surface area contributed by atoms with Gasteiger partial charge in [-0.1, -0.05) is 76.3 Å². The number of Topliss-reactive ketones (excluding diaryl/α,β-unsaturated/α-hetero) is 2. The summed E-state index contributed by atoms with van der Waals surface area (Å²) < 4.78 is 259. The molecule has 26 nitrogen and oxygen atoms in total. The van der Waals surface area contributed by atoms with Crippen LogP contribution in [0.3, 0.4) is 0 Å². The Bertz CT molecular complexity index is 4920. The summed E-state index contributed by atoms with van der Waals surface area (Å²) in [4.78, 5) is 143. The molecule has 4 aromatic rings. The first-order valence-corrected chi connectivity index (χ1v) is 41.5. The fourth-order valence-electron chi connectivity index (χ4n) is 16.2. The average molecular weight is 1650 g/mol. The molecule has 4 amide bonds. The summed E-state index contributed by atoms with van der Waals surface area (Å²) in [5.41, 5.74) is -13.7. The van der Waals surface area contributed by atoms with Crippen molar-refractivity contribution in [1.82, 2.24) is 38.8 Å². The second-order valence-electron chi connectivity index (χ2n) is 32.1. The number of amides is 4. The number of benzene rings is 2. The smallest absolute Gasteiger partial charge is 0.427 e. The van der Waals surface area contributed by atoms with E-state index < -0.39 is 236 Å². The highest BCUT2D eigenvalue weighted by Gasteiger charge is 2.64. The molecule has 4 aliphatic carbocycles. The van der Waals surface area contributed by atoms with Gasteiger partial charge in [-0.25, -0.2) is 26.2 Å². The van der Waals surface area contributed by atoms with E-state index in [-0.39, 0.29) is 99.1 Å². The normalized spacial score (nSPS) is 31.4. The predicted molar refractivity (Wildman–Crippen MR) is 404 cm³/mol. The standard InChI is InChI=1S/2C40H51F3N4O9S/c2*1-6-47-36(51)29-14-10-9-13-28(29)34(44-47)55-26-18-31-32(48)21-39(37(52)45-57(53,54)27-15-16-27)20-25(39)12-8-7-11-23(2)17-24(3)30(35(50)46(31)22-26)19-33(49)56-38(4,5)40(41,42)43/h2*8-10,12-14,23-27,30-31H,6-7,11,15-22H2,1-5H3,(H,45,52)/b2*12-8-/t23-,24+,25+,26+,30-,31-,39+;23-,24-,25-,26-,30+,31+,39-/m01/s1/i2*4D3,5D3. The SMILES string of the molecule is [2H]C([2H])([2H])C(OC(=O)C[C@@H]1C(=O)N2C[C@H](Oc3nn(CC)c(=O)c4ccccc34)C[C@H]2C(=O)C[C@]2(C(=O)NS(=O)(=O)C3CC3)C[C@H]2/C=C\CC[C@@H](C)C[C@H]1C)(C([2H])([2H])[2H])C(F)(F)F.[2H]C([2H])([2H])C(OC(=O)C[C@@H]1C(=O)N2C[C@H](Oc3nn(CC)c(=O)c4ccccc34)C[C@H]2C(=O)C[C@]2(C(=O)NS(=O)(=O)C3CC3)C[C@H]2/C=C\CC[C@H](C)C[C@H]1C)(C([2H])([2H])[2H])C(F)(F)F. The lowest BCUT2D eigenvalue weighted by Crippen LogP contribution is -2.48. The van der Waals surface area contributed by atoms with Gasteiger partial charge >= 0.3 is 24.3 Å². The number of carbonyl (C=O) groups excluding carboxylic acids is 8. The number of hydrogen-bond acceptors (Lipinski definition) is 20. The largest absolute Gasteiger partial charge is 0.471 e. The zero-order valence-corrected chi connectivity index (χ0v) is 65.3. The third kappa shape index (κ3) is 18.9. The minimum Gasteiger partial charge on any atom is -0.471 e. The molecule has 2 N–H and O–H groups in total. The number of fused-ring (bicyclic) bond motifs is 6. The van der Waals surface area contributed by atoms with Crippen molar-refractivity contribution in [2.24, 2.45) is 58.2 Å². The van der Waals surface area contributed by atoms with Crippen LogP contribution in [0.5, 0.6) is 11.8 Å². The number of ether oxygens (including phenoxy) is 4. The number of rotatable bonds is 18. The van der Waals surface area contributed by atoms with Crippen LogP contribution in [0.15, 0.2) is 82.4 Å². The molecule has 34 heteroatoms. The van der Waals surface area contributed by atoms with E-state index in [0.29, 0.717) is 62.1 Å². The third-order valence-electron chi connectivity index (χ3n) is 23.3. The van der Waals surface area contributed by atoms with E-state index >= 15 is 0 Å². The molecule has 0 radical (unpaired) electrons. The van der Waals surface area contributed by atoms with E-state index in [0.717, 1.165) is 19.2 Å². The minimum atomic E-state index is -6.12. The predicted octanol–water partition coefficient (Wildman–Crippen LogP) is 10.5. The maximum Gasteiger partial charge on any atom is 0.427 e. The number of sulfonamides is 2. The molecule has 0 unspecified atom stereocenters. The molecule has 4 aliphatic heterocycles. The Kier molecular flexibility index (Phi) is 20.6. The van der Waals surface area contributed by atoms with Crippen molar-refractivity contribution >= 4 is 88.7 Å². The number of aromatic nitrogens is 4. The molecule has 624 valence electrons. The minimum absolute atomic E-state index is 0.0200. The molecule has 2 aromatic carbocycles. The number of allylic oxidation sites excluding steroid dienone is 4. The van der Waals surface area contributed by atoms with Crippen LogP contribution in [0.25, 0.3) is 21.5 Å². The number of esters is 2. The van der Waals surface area contributed by atoms with Crippen LogP contribution in [0, 0.1) is 58.2 Å². The van der Waals surface area contributed by atoms with Crippen molar-refractivity contribution in [2.45, 2.75) is 256 Å². The van der Waals surface area contributed by atoms with Gasteiger partial charge in [0, 0.05) is 55.2 Å². The molecule has 0 spiro atoms. The molecule has 2 saturated heterocycles. The maximum atomic E-state index is 15.0. The van der Waals surface area contributed by atoms with Crippen LogP contribution in [0.2, 0.25) is 0 Å². The molecule has 6 fully saturated rings. The monoisotopic (exact) mass is 1650 g/mol. The van der Waals surface area contributed by atoms with Crippen LogP contribution in [-0.2, 0) is 81.0 Å². The quantitative estimate of drug-likeness (QED) is 0.0531. The van der Waals surface area contributed by atoms with E-state index in [1.165, 1.54) is 0 Å². The number of halogens is 6. The fourth-order valence-corrected chi connectivity index (χ4v) is 19.0. The van der Waals surface area contributed by atoms with E-state index in [9.17, 15) is 91.1 Å². The van der Waals surface area contributed by atoms with Crippen LogP contribution in [-0.4, -0.2) is 165 Å². The van der Waals surface area contributed by atoms with Crippen LogP contribution < -0.4 is 30.0 Å². The number of nitrogens with one attached hydrogen (secondary N) is 2. The number of nitrogens with zero attached hydrogens (tertiary/aromatic N) is 6. The molecule has 2 aromatic heterocycles. The van der Waals surface area contributed by atoms with Gasteiger partial charge < -0.3 is 28.7 Å². The highest BCUT2D eigenvalue weighted by Crippen LogP contribution is 2.59. The first-order chi connectivity index (χ1) is 58.3. The third-order valence-corrected chi connectivity index (χ3v) is 26.9. The van der Waals surface area contributed by atoms with E-state index in [4.69, 9.17) is 25.9 Å². The summed E-state index contributed by atoms with van der Waals surface area (Å²) >= 11 is 0. The summed E-state index contributed by atoms with van der Waals surface area (Å²) in [6, 6.07) is 10.1. The Morgan fingerprint density at radius 2 is 0.886 bits per heavy atom. The van der Waals surface area contributed by atoms with Gasteiger partial charge in [0.05, 0.1) is 92.7 Å². The molecule has 4 saturated carbocycles. The van der Waals surface area contributed by atoms with Gasteiger partial charge in [0.2, 0.25) is 66.6 Å². The lowest BCUT2D eigenvalue weighted by molar-refractivity contribution is -0.257. The summed E-state index contributed by atoms with van der Waals surface area (Å²) in [6.07, 6.45) is -7.15. The van der Waals surface area contributed by atoms with Crippen molar-refractivity contribution in [3.8, 4) is 11.8 Å². The Morgan fingerprint density at radius 3 is 1.21 bits per heavy atom. The number of carbonyl (C=O) groups is 8. The lowest BCUT2D eigenvalue weighted by Gasteiger charge is -2.33. The molecule has 0 bridgehead atoms.